The van der Waals surface area contributed by atoms with E-state index in [1.165, 1.54) is 0 Å². The number of para-hydroxylation sites is 1. The van der Waals surface area contributed by atoms with Gasteiger partial charge in [-0.1, -0.05) is 48.0 Å². The maximum absolute atomic E-state index is 12.3. The summed E-state index contributed by atoms with van der Waals surface area (Å²) in [6, 6.07) is 17.6. The Balaban J connectivity index is 1.92. The molecule has 0 spiro atoms. The van der Waals surface area contributed by atoms with Gasteiger partial charge in [0.2, 0.25) is 5.91 Å². The lowest BCUT2D eigenvalue weighted by Crippen LogP contribution is -2.15. The summed E-state index contributed by atoms with van der Waals surface area (Å²) in [6.45, 7) is 1.97. The van der Waals surface area contributed by atoms with E-state index in [1.54, 1.807) is 16.4 Å². The van der Waals surface area contributed by atoms with Crippen LogP contribution < -0.4 is 5.32 Å². The third kappa shape index (κ3) is 2.94. The third-order valence-corrected chi connectivity index (χ3v) is 5.79. The summed E-state index contributed by atoms with van der Waals surface area (Å²) in [5.74, 6) is 1.07. The van der Waals surface area contributed by atoms with Gasteiger partial charge in [-0.05, 0) is 30.7 Å². The fourth-order valence-corrected chi connectivity index (χ4v) is 4.61. The lowest BCUT2D eigenvalue weighted by molar-refractivity contribution is -0.113. The standard InChI is InChI=1S/C19H16ClN3OS/c1-12-17-18(14-9-5-6-10-15(14)20)25-11-16(24)21-19(17)23(22-12)13-7-3-2-4-8-13/h2-10,18H,11H2,1H3,(H,21,24)/t18-/m1/s1. The second-order valence-electron chi connectivity index (χ2n) is 5.86. The lowest BCUT2D eigenvalue weighted by atomic mass is 10.0. The van der Waals surface area contributed by atoms with Crippen molar-refractivity contribution in [1.29, 1.82) is 0 Å². The van der Waals surface area contributed by atoms with Crippen molar-refractivity contribution in [2.24, 2.45) is 0 Å². The van der Waals surface area contributed by atoms with Gasteiger partial charge in [-0.25, -0.2) is 4.68 Å². The van der Waals surface area contributed by atoms with Crippen LogP contribution in [-0.4, -0.2) is 21.4 Å². The van der Waals surface area contributed by atoms with Crippen molar-refractivity contribution in [3.63, 3.8) is 0 Å². The van der Waals surface area contributed by atoms with Gasteiger partial charge in [0.05, 0.1) is 22.4 Å². The molecule has 6 heteroatoms. The molecule has 0 saturated carbocycles. The molecule has 2 aromatic carbocycles. The highest BCUT2D eigenvalue weighted by atomic mass is 35.5. The van der Waals surface area contributed by atoms with Crippen LogP contribution in [0.3, 0.4) is 0 Å². The van der Waals surface area contributed by atoms with Crippen molar-refractivity contribution in [3.05, 3.63) is 76.4 Å². The minimum absolute atomic E-state index is 0.0297. The molecule has 1 aromatic heterocycles. The van der Waals surface area contributed by atoms with Crippen LogP contribution in [0.4, 0.5) is 5.82 Å². The number of nitrogens with one attached hydrogen (secondary N) is 1. The van der Waals surface area contributed by atoms with Crippen LogP contribution in [0.1, 0.15) is 22.1 Å². The largest absolute Gasteiger partial charge is 0.310 e. The second-order valence-corrected chi connectivity index (χ2v) is 7.36. The molecule has 126 valence electrons. The van der Waals surface area contributed by atoms with Gasteiger partial charge in [0.1, 0.15) is 5.82 Å². The van der Waals surface area contributed by atoms with E-state index in [0.717, 1.165) is 28.3 Å². The van der Waals surface area contributed by atoms with Crippen molar-refractivity contribution in [2.75, 3.05) is 11.1 Å². The van der Waals surface area contributed by atoms with E-state index in [4.69, 9.17) is 11.6 Å². The SMILES string of the molecule is Cc1nn(-c2ccccc2)c2c1[C@@H](c1ccccc1Cl)SCC(=O)N2. The fraction of sp³-hybridized carbons (Fsp3) is 0.158. The molecular formula is C19H16ClN3OS. The number of aryl methyl sites for hydroxylation is 1. The zero-order valence-corrected chi connectivity index (χ0v) is 15.1. The molecule has 1 atom stereocenters. The van der Waals surface area contributed by atoms with E-state index >= 15 is 0 Å². The Morgan fingerprint density at radius 2 is 1.88 bits per heavy atom. The molecule has 3 aromatic rings. The molecule has 4 nitrogen and oxygen atoms in total. The molecule has 1 aliphatic heterocycles. The first-order valence-corrected chi connectivity index (χ1v) is 9.38. The summed E-state index contributed by atoms with van der Waals surface area (Å²) >= 11 is 8.02. The molecular weight excluding hydrogens is 354 g/mol. The van der Waals surface area contributed by atoms with Gasteiger partial charge >= 0.3 is 0 Å². The fourth-order valence-electron chi connectivity index (χ4n) is 3.07. The van der Waals surface area contributed by atoms with Gasteiger partial charge in [-0.3, -0.25) is 4.79 Å². The van der Waals surface area contributed by atoms with Crippen molar-refractivity contribution in [1.82, 2.24) is 9.78 Å². The maximum Gasteiger partial charge on any atom is 0.235 e. The number of thioether (sulfide) groups is 1. The zero-order valence-electron chi connectivity index (χ0n) is 13.6. The van der Waals surface area contributed by atoms with E-state index in [9.17, 15) is 4.79 Å². The molecule has 0 radical (unpaired) electrons. The van der Waals surface area contributed by atoms with Gasteiger partial charge in [0, 0.05) is 10.6 Å². The average Bonchev–Trinajstić information content (AvgIpc) is 2.83. The summed E-state index contributed by atoms with van der Waals surface area (Å²) in [4.78, 5) is 12.3. The number of rotatable bonds is 2. The maximum atomic E-state index is 12.3. The Labute approximate surface area is 155 Å². The molecule has 1 N–H and O–H groups in total. The number of fused-ring (bicyclic) bond motifs is 1. The van der Waals surface area contributed by atoms with Gasteiger partial charge in [-0.2, -0.15) is 5.10 Å². The number of amides is 1. The first-order valence-electron chi connectivity index (χ1n) is 7.96. The number of hydrogen-bond acceptors (Lipinski definition) is 3. The zero-order chi connectivity index (χ0) is 17.4. The van der Waals surface area contributed by atoms with Crippen LogP contribution >= 0.6 is 23.4 Å². The first kappa shape index (κ1) is 16.2. The quantitative estimate of drug-likeness (QED) is 0.717. The number of anilines is 1. The second kappa shape index (κ2) is 6.58. The van der Waals surface area contributed by atoms with E-state index < -0.39 is 0 Å². The number of nitrogens with zero attached hydrogens (tertiary/aromatic N) is 2. The van der Waals surface area contributed by atoms with Crippen molar-refractivity contribution >= 4 is 35.1 Å². The topological polar surface area (TPSA) is 46.9 Å². The first-order chi connectivity index (χ1) is 12.1. The van der Waals surface area contributed by atoms with E-state index in [-0.39, 0.29) is 11.2 Å². The number of benzene rings is 2. The van der Waals surface area contributed by atoms with E-state index in [1.807, 2.05) is 61.5 Å². The summed E-state index contributed by atoms with van der Waals surface area (Å²) < 4.78 is 1.80. The molecule has 0 aliphatic carbocycles. The minimum atomic E-state index is -0.0416. The van der Waals surface area contributed by atoms with Gasteiger partial charge in [-0.15, -0.1) is 11.8 Å². The normalized spacial score (nSPS) is 16.9. The van der Waals surface area contributed by atoms with Crippen LogP contribution in [0.25, 0.3) is 5.69 Å². The average molecular weight is 370 g/mol. The molecule has 0 saturated heterocycles. The van der Waals surface area contributed by atoms with Crippen LogP contribution in [0.15, 0.2) is 54.6 Å². The minimum Gasteiger partial charge on any atom is -0.310 e. The number of carbonyl (C=O) groups excluding carboxylic acids is 1. The third-order valence-electron chi connectivity index (χ3n) is 4.20. The van der Waals surface area contributed by atoms with E-state index in [2.05, 4.69) is 10.4 Å². The molecule has 1 amide bonds. The van der Waals surface area contributed by atoms with E-state index in [0.29, 0.717) is 10.8 Å². The van der Waals surface area contributed by atoms with Crippen LogP contribution in [0.2, 0.25) is 5.02 Å². The summed E-state index contributed by atoms with van der Waals surface area (Å²) in [6.07, 6.45) is 0. The smallest absolute Gasteiger partial charge is 0.235 e. The van der Waals surface area contributed by atoms with Crippen LogP contribution in [0, 0.1) is 6.92 Å². The Hall–Kier alpha value is -2.24. The number of aromatic nitrogens is 2. The summed E-state index contributed by atoms with van der Waals surface area (Å²) in [5.41, 5.74) is 3.81. The molecule has 2 heterocycles. The predicted molar refractivity (Wildman–Crippen MR) is 103 cm³/mol. The van der Waals surface area contributed by atoms with Crippen LogP contribution in [-0.2, 0) is 4.79 Å². The van der Waals surface area contributed by atoms with Crippen molar-refractivity contribution in [3.8, 4) is 5.69 Å². The lowest BCUT2D eigenvalue weighted by Gasteiger charge is -2.16. The highest BCUT2D eigenvalue weighted by molar-refractivity contribution is 8.00. The van der Waals surface area contributed by atoms with Crippen molar-refractivity contribution < 1.29 is 4.79 Å². The van der Waals surface area contributed by atoms with Gasteiger partial charge in [0.15, 0.2) is 0 Å². The molecule has 0 bridgehead atoms. The van der Waals surface area contributed by atoms with Gasteiger partial charge in [0.25, 0.3) is 0 Å². The summed E-state index contributed by atoms with van der Waals surface area (Å²) in [7, 11) is 0. The summed E-state index contributed by atoms with van der Waals surface area (Å²) in [5, 5.41) is 8.38. The van der Waals surface area contributed by atoms with Crippen molar-refractivity contribution in [2.45, 2.75) is 12.2 Å². The molecule has 0 unspecified atom stereocenters. The Morgan fingerprint density at radius 3 is 2.64 bits per heavy atom. The number of hydrogen-bond donors (Lipinski definition) is 1. The monoisotopic (exact) mass is 369 g/mol. The number of carbonyl (C=O) groups is 1. The highest BCUT2D eigenvalue weighted by Crippen LogP contribution is 2.45. The Morgan fingerprint density at radius 1 is 1.16 bits per heavy atom. The Kier molecular flexibility index (Phi) is 4.27. The highest BCUT2D eigenvalue weighted by Gasteiger charge is 2.31. The molecule has 4 rings (SSSR count). The molecule has 0 fully saturated rings. The molecule has 1 aliphatic rings. The Bertz CT molecular complexity index is 939. The molecule has 25 heavy (non-hydrogen) atoms. The number of halogens is 1. The van der Waals surface area contributed by atoms with Gasteiger partial charge < -0.3 is 5.32 Å². The van der Waals surface area contributed by atoms with Crippen LogP contribution in [0.5, 0.6) is 0 Å². The predicted octanol–water partition coefficient (Wildman–Crippen LogP) is 4.61.